The lowest BCUT2D eigenvalue weighted by Gasteiger charge is -2.36. The Morgan fingerprint density at radius 1 is 1.24 bits per heavy atom. The minimum absolute atomic E-state index is 0.0127. The van der Waals surface area contributed by atoms with E-state index in [2.05, 4.69) is 51.0 Å². The van der Waals surface area contributed by atoms with Crippen molar-refractivity contribution in [2.24, 2.45) is 0 Å². The highest BCUT2D eigenvalue weighted by molar-refractivity contribution is 6.67. The molecule has 0 aliphatic carbocycles. The molecule has 2 aromatic rings. The van der Waals surface area contributed by atoms with E-state index in [0.717, 1.165) is 37.4 Å². The minimum atomic E-state index is -0.0127. The number of halogens is 1. The number of rotatable bonds is 6. The van der Waals surface area contributed by atoms with Gasteiger partial charge in [0.25, 0.3) is 0 Å². The first-order valence-electron chi connectivity index (χ1n) is 8.70. The smallest absolute Gasteiger partial charge is 0.130 e. The van der Waals surface area contributed by atoms with Gasteiger partial charge < -0.3 is 9.88 Å². The lowest BCUT2D eigenvalue weighted by molar-refractivity contribution is 0.258. The highest BCUT2D eigenvalue weighted by Crippen LogP contribution is 2.23. The molecule has 0 atom stereocenters. The molecule has 0 amide bonds. The number of nitrogens with one attached hydrogen (secondary N) is 2. The van der Waals surface area contributed by atoms with Crippen LogP contribution in [0.5, 0.6) is 0 Å². The van der Waals surface area contributed by atoms with Crippen molar-refractivity contribution in [2.75, 3.05) is 37.6 Å². The Hall–Kier alpha value is -2.11. The van der Waals surface area contributed by atoms with E-state index < -0.39 is 0 Å². The summed E-state index contributed by atoms with van der Waals surface area (Å²) in [7, 11) is 0. The Morgan fingerprint density at radius 2 is 1.96 bits per heavy atom. The van der Waals surface area contributed by atoms with Crippen molar-refractivity contribution in [2.45, 2.75) is 13.3 Å². The maximum absolute atomic E-state index is 7.20. The van der Waals surface area contributed by atoms with Gasteiger partial charge in [-0.1, -0.05) is 30.7 Å². The van der Waals surface area contributed by atoms with Crippen molar-refractivity contribution >= 4 is 28.5 Å². The van der Waals surface area contributed by atoms with Crippen LogP contribution < -0.4 is 4.90 Å². The summed E-state index contributed by atoms with van der Waals surface area (Å²) in [6.45, 7) is 7.89. The van der Waals surface area contributed by atoms with E-state index in [1.54, 1.807) is 12.3 Å². The van der Waals surface area contributed by atoms with Crippen LogP contribution in [0.3, 0.4) is 0 Å². The van der Waals surface area contributed by atoms with E-state index in [4.69, 9.17) is 17.0 Å². The van der Waals surface area contributed by atoms with Gasteiger partial charge in [-0.3, -0.25) is 10.3 Å². The molecular weight excluding hydrogens is 334 g/mol. The van der Waals surface area contributed by atoms with Crippen LogP contribution >= 0.6 is 11.6 Å². The molecule has 0 radical (unpaired) electrons. The van der Waals surface area contributed by atoms with Crippen molar-refractivity contribution in [3.63, 3.8) is 0 Å². The lowest BCUT2D eigenvalue weighted by atomic mass is 10.1. The van der Waals surface area contributed by atoms with E-state index in [1.807, 2.05) is 0 Å². The van der Waals surface area contributed by atoms with Gasteiger partial charge in [0.05, 0.1) is 11.9 Å². The molecule has 1 fully saturated rings. The fraction of sp³-hybridized carbons (Fsp3) is 0.368. The zero-order chi connectivity index (χ0) is 17.6. The largest absolute Gasteiger partial charge is 0.369 e. The molecule has 1 aliphatic heterocycles. The molecule has 0 bridgehead atoms. The van der Waals surface area contributed by atoms with Gasteiger partial charge >= 0.3 is 0 Å². The number of nitrogens with zero attached hydrogens (tertiary/aromatic N) is 3. The standard InChI is InChI=1S/C19H24ClN5/c1-2-9-24-10-12-25(13-11-24)16-5-3-15(4-6-16)17-14-22-19(23-17)8-7-18(20)21/h3-8,14,21H,2,9-13H2,1H3,(H,22,23)/b8-7-,21-18?. The van der Waals surface area contributed by atoms with E-state index in [-0.39, 0.29) is 5.17 Å². The Balaban J connectivity index is 1.64. The predicted molar refractivity (Wildman–Crippen MR) is 106 cm³/mol. The molecule has 6 heteroatoms. The summed E-state index contributed by atoms with van der Waals surface area (Å²) in [6.07, 6.45) is 6.23. The number of anilines is 1. The number of aromatic nitrogens is 2. The highest BCUT2D eigenvalue weighted by Gasteiger charge is 2.16. The van der Waals surface area contributed by atoms with Crippen LogP contribution in [0.1, 0.15) is 19.2 Å². The van der Waals surface area contributed by atoms with E-state index in [0.29, 0.717) is 5.82 Å². The van der Waals surface area contributed by atoms with Crippen LogP contribution in [-0.4, -0.2) is 52.8 Å². The van der Waals surface area contributed by atoms with E-state index >= 15 is 0 Å². The summed E-state index contributed by atoms with van der Waals surface area (Å²) in [5.41, 5.74) is 3.33. The highest BCUT2D eigenvalue weighted by atomic mass is 35.5. The van der Waals surface area contributed by atoms with Gasteiger partial charge in [0.15, 0.2) is 0 Å². The monoisotopic (exact) mass is 357 g/mol. The number of benzene rings is 1. The van der Waals surface area contributed by atoms with Crippen molar-refractivity contribution in [1.29, 1.82) is 5.41 Å². The average molecular weight is 358 g/mol. The molecule has 1 aromatic heterocycles. The maximum atomic E-state index is 7.20. The molecule has 5 nitrogen and oxygen atoms in total. The minimum Gasteiger partial charge on any atom is -0.369 e. The van der Waals surface area contributed by atoms with Crippen LogP contribution in [-0.2, 0) is 0 Å². The van der Waals surface area contributed by atoms with Gasteiger partial charge in [0.2, 0.25) is 0 Å². The third-order valence-corrected chi connectivity index (χ3v) is 4.56. The molecule has 132 valence electrons. The first-order valence-corrected chi connectivity index (χ1v) is 9.08. The molecule has 0 unspecified atom stereocenters. The van der Waals surface area contributed by atoms with Crippen molar-refractivity contribution in [3.05, 3.63) is 42.4 Å². The summed E-state index contributed by atoms with van der Waals surface area (Å²) in [5.74, 6) is 0.691. The first-order chi connectivity index (χ1) is 12.2. The number of H-pyrrole nitrogens is 1. The summed E-state index contributed by atoms with van der Waals surface area (Å²) in [4.78, 5) is 12.5. The SMILES string of the molecule is CCCN1CCN(c2ccc(-c3cnc(/C=C\C(=N)Cl)[nH]3)cc2)CC1. The van der Waals surface area contributed by atoms with Gasteiger partial charge in [-0.25, -0.2) is 4.98 Å². The van der Waals surface area contributed by atoms with E-state index in [1.165, 1.54) is 24.7 Å². The predicted octanol–water partition coefficient (Wildman–Crippen LogP) is 3.84. The number of hydrogen-bond donors (Lipinski definition) is 2. The summed E-state index contributed by atoms with van der Waals surface area (Å²) in [6, 6.07) is 8.60. The van der Waals surface area contributed by atoms with Crippen molar-refractivity contribution < 1.29 is 0 Å². The van der Waals surface area contributed by atoms with Gasteiger partial charge in [-0.15, -0.1) is 0 Å². The molecule has 2 N–H and O–H groups in total. The van der Waals surface area contributed by atoms with Gasteiger partial charge in [-0.05, 0) is 42.8 Å². The first kappa shape index (κ1) is 17.7. The molecule has 0 saturated carbocycles. The summed E-state index contributed by atoms with van der Waals surface area (Å²) < 4.78 is 0. The zero-order valence-electron chi connectivity index (χ0n) is 14.5. The second-order valence-corrected chi connectivity index (χ2v) is 6.65. The molecular formula is C19H24ClN5. The molecule has 2 heterocycles. The van der Waals surface area contributed by atoms with Crippen molar-refractivity contribution in [1.82, 2.24) is 14.9 Å². The topological polar surface area (TPSA) is 59.0 Å². The fourth-order valence-corrected chi connectivity index (χ4v) is 3.18. The number of piperazine rings is 1. The van der Waals surface area contributed by atoms with Gasteiger partial charge in [-0.2, -0.15) is 0 Å². The Kier molecular flexibility index (Phi) is 5.89. The molecule has 0 spiro atoms. The van der Waals surface area contributed by atoms with Crippen molar-refractivity contribution in [3.8, 4) is 11.3 Å². The number of imidazole rings is 1. The fourth-order valence-electron chi connectivity index (χ4n) is 3.12. The molecule has 25 heavy (non-hydrogen) atoms. The Bertz CT molecular complexity index is 727. The van der Waals surface area contributed by atoms with Crippen LogP contribution in [0.15, 0.2) is 36.5 Å². The summed E-state index contributed by atoms with van der Waals surface area (Å²) >= 11 is 5.52. The second-order valence-electron chi connectivity index (χ2n) is 6.24. The average Bonchev–Trinajstić information content (AvgIpc) is 3.10. The summed E-state index contributed by atoms with van der Waals surface area (Å²) in [5, 5.41) is 7.19. The molecule has 1 aliphatic rings. The van der Waals surface area contributed by atoms with Gasteiger partial charge in [0.1, 0.15) is 11.0 Å². The van der Waals surface area contributed by atoms with Crippen LogP contribution in [0.2, 0.25) is 0 Å². The normalized spacial score (nSPS) is 15.8. The van der Waals surface area contributed by atoms with E-state index in [9.17, 15) is 0 Å². The number of aromatic amines is 1. The zero-order valence-corrected chi connectivity index (χ0v) is 15.3. The number of hydrogen-bond acceptors (Lipinski definition) is 4. The van der Waals surface area contributed by atoms with Crippen LogP contribution in [0, 0.1) is 5.41 Å². The quantitative estimate of drug-likeness (QED) is 0.772. The molecule has 1 aromatic carbocycles. The van der Waals surface area contributed by atoms with Crippen LogP contribution in [0.4, 0.5) is 5.69 Å². The molecule has 1 saturated heterocycles. The Morgan fingerprint density at radius 3 is 2.60 bits per heavy atom. The third kappa shape index (κ3) is 4.71. The van der Waals surface area contributed by atoms with Crippen LogP contribution in [0.25, 0.3) is 17.3 Å². The maximum Gasteiger partial charge on any atom is 0.130 e. The molecule has 3 rings (SSSR count). The number of allylic oxidation sites excluding steroid dienone is 1. The lowest BCUT2D eigenvalue weighted by Crippen LogP contribution is -2.46. The second kappa shape index (κ2) is 8.32. The third-order valence-electron chi connectivity index (χ3n) is 4.44. The Labute approximate surface area is 153 Å². The van der Waals surface area contributed by atoms with Gasteiger partial charge in [0, 0.05) is 31.9 Å².